The molecule has 0 aromatic heterocycles. The highest BCUT2D eigenvalue weighted by Gasteiger charge is 2.24. The van der Waals surface area contributed by atoms with Crippen molar-refractivity contribution in [3.63, 3.8) is 0 Å². The average molecular weight is 89.1 g/mol. The normalized spacial score (nSPS) is 45.0. The van der Waals surface area contributed by atoms with Crippen LogP contribution in [-0.4, -0.2) is 24.0 Å². The Bertz CT molecular complexity index is 48.8. The molecule has 0 spiro atoms. The standard InChI is InChI=1S/C3H7NO2/c4-2-1-6-3(2)5/h2-3,5H,1,4H2. The van der Waals surface area contributed by atoms with Crippen molar-refractivity contribution < 1.29 is 9.84 Å². The molecule has 1 fully saturated rings. The quantitative estimate of drug-likeness (QED) is 0.386. The van der Waals surface area contributed by atoms with E-state index in [-0.39, 0.29) is 6.04 Å². The lowest BCUT2D eigenvalue weighted by Gasteiger charge is -2.28. The van der Waals surface area contributed by atoms with Crippen molar-refractivity contribution in [1.82, 2.24) is 0 Å². The molecule has 0 saturated carbocycles. The highest BCUT2D eigenvalue weighted by atomic mass is 16.6. The molecule has 6 heavy (non-hydrogen) atoms. The van der Waals surface area contributed by atoms with Crippen LogP contribution in [0.15, 0.2) is 0 Å². The first-order valence-corrected chi connectivity index (χ1v) is 1.86. The van der Waals surface area contributed by atoms with Crippen molar-refractivity contribution in [2.24, 2.45) is 5.73 Å². The lowest BCUT2D eigenvalue weighted by atomic mass is 10.2. The molecular formula is C3H7NO2. The Morgan fingerprint density at radius 3 is 2.33 bits per heavy atom. The maximum Gasteiger partial charge on any atom is 0.172 e. The molecule has 1 rings (SSSR count). The molecule has 2 unspecified atom stereocenters. The third-order valence-electron chi connectivity index (χ3n) is 0.826. The first kappa shape index (κ1) is 4.05. The van der Waals surface area contributed by atoms with E-state index < -0.39 is 6.29 Å². The molecule has 0 radical (unpaired) electrons. The van der Waals surface area contributed by atoms with Crippen molar-refractivity contribution in [2.75, 3.05) is 6.61 Å². The Morgan fingerprint density at radius 1 is 1.83 bits per heavy atom. The second-order valence-electron chi connectivity index (χ2n) is 1.39. The maximum atomic E-state index is 8.37. The molecule has 1 heterocycles. The Hall–Kier alpha value is -0.120. The fourth-order valence-electron chi connectivity index (χ4n) is 0.293. The Balaban J connectivity index is 2.20. The van der Waals surface area contributed by atoms with Crippen LogP contribution < -0.4 is 5.73 Å². The van der Waals surface area contributed by atoms with Gasteiger partial charge in [0.1, 0.15) is 0 Å². The summed E-state index contributed by atoms with van der Waals surface area (Å²) in [5, 5.41) is 8.37. The molecule has 0 amide bonds. The third-order valence-corrected chi connectivity index (χ3v) is 0.826. The van der Waals surface area contributed by atoms with E-state index in [4.69, 9.17) is 10.8 Å². The van der Waals surface area contributed by atoms with Crippen LogP contribution in [0.3, 0.4) is 0 Å². The van der Waals surface area contributed by atoms with Crippen LogP contribution in [0, 0.1) is 0 Å². The van der Waals surface area contributed by atoms with E-state index in [2.05, 4.69) is 4.74 Å². The summed E-state index contributed by atoms with van der Waals surface area (Å²) in [6.45, 7) is 0.501. The number of hydrogen-bond donors (Lipinski definition) is 2. The zero-order valence-corrected chi connectivity index (χ0v) is 3.29. The number of aliphatic hydroxyl groups excluding tert-OH is 1. The second kappa shape index (κ2) is 1.18. The van der Waals surface area contributed by atoms with E-state index in [9.17, 15) is 0 Å². The van der Waals surface area contributed by atoms with Gasteiger partial charge in [-0.3, -0.25) is 0 Å². The van der Waals surface area contributed by atoms with Gasteiger partial charge >= 0.3 is 0 Å². The molecule has 0 aromatic carbocycles. The summed E-state index contributed by atoms with van der Waals surface area (Å²) in [6, 6.07) is -0.134. The number of nitrogens with two attached hydrogens (primary N) is 1. The van der Waals surface area contributed by atoms with Gasteiger partial charge in [-0.2, -0.15) is 0 Å². The topological polar surface area (TPSA) is 55.5 Å². The van der Waals surface area contributed by atoms with Crippen molar-refractivity contribution >= 4 is 0 Å². The van der Waals surface area contributed by atoms with Gasteiger partial charge in [-0.15, -0.1) is 0 Å². The molecule has 0 aliphatic carbocycles. The van der Waals surface area contributed by atoms with Crippen LogP contribution >= 0.6 is 0 Å². The van der Waals surface area contributed by atoms with Crippen LogP contribution in [0.4, 0.5) is 0 Å². The van der Waals surface area contributed by atoms with Crippen molar-refractivity contribution in [1.29, 1.82) is 0 Å². The van der Waals surface area contributed by atoms with Gasteiger partial charge in [-0.1, -0.05) is 0 Å². The van der Waals surface area contributed by atoms with Gasteiger partial charge in [0.15, 0.2) is 6.29 Å². The minimum absolute atomic E-state index is 0.134. The highest BCUT2D eigenvalue weighted by Crippen LogP contribution is 2.03. The van der Waals surface area contributed by atoms with E-state index in [1.54, 1.807) is 0 Å². The molecule has 1 saturated heterocycles. The maximum absolute atomic E-state index is 8.37. The van der Waals surface area contributed by atoms with E-state index in [0.29, 0.717) is 6.61 Å². The smallest absolute Gasteiger partial charge is 0.172 e. The number of hydrogen-bond acceptors (Lipinski definition) is 3. The van der Waals surface area contributed by atoms with Gasteiger partial charge < -0.3 is 15.6 Å². The van der Waals surface area contributed by atoms with Crippen LogP contribution in [0.5, 0.6) is 0 Å². The molecular weight excluding hydrogens is 82.0 g/mol. The van der Waals surface area contributed by atoms with E-state index in [1.165, 1.54) is 0 Å². The molecule has 2 atom stereocenters. The predicted octanol–water partition coefficient (Wildman–Crippen LogP) is -1.34. The molecule has 3 nitrogen and oxygen atoms in total. The zero-order chi connectivity index (χ0) is 4.57. The molecule has 3 heteroatoms. The van der Waals surface area contributed by atoms with Crippen molar-refractivity contribution in [3.05, 3.63) is 0 Å². The lowest BCUT2D eigenvalue weighted by Crippen LogP contribution is -2.50. The van der Waals surface area contributed by atoms with E-state index in [0.717, 1.165) is 0 Å². The summed E-state index contributed by atoms with van der Waals surface area (Å²) in [7, 11) is 0. The van der Waals surface area contributed by atoms with Gasteiger partial charge in [-0.05, 0) is 0 Å². The third kappa shape index (κ3) is 0.408. The first-order valence-electron chi connectivity index (χ1n) is 1.86. The van der Waals surface area contributed by atoms with Gasteiger partial charge in [0.25, 0.3) is 0 Å². The number of aliphatic hydroxyl groups is 1. The fourth-order valence-corrected chi connectivity index (χ4v) is 0.293. The van der Waals surface area contributed by atoms with Gasteiger partial charge in [0.05, 0.1) is 12.6 Å². The van der Waals surface area contributed by atoms with Crippen LogP contribution in [-0.2, 0) is 4.74 Å². The molecule has 1 aliphatic rings. The molecule has 0 bridgehead atoms. The molecule has 1 aliphatic heterocycles. The lowest BCUT2D eigenvalue weighted by molar-refractivity contribution is -0.198. The predicted molar refractivity (Wildman–Crippen MR) is 19.9 cm³/mol. The first-order chi connectivity index (χ1) is 2.80. The summed E-state index contributed by atoms with van der Waals surface area (Å²) in [6.07, 6.45) is -0.690. The summed E-state index contributed by atoms with van der Waals surface area (Å²) in [5.41, 5.74) is 5.15. The Labute approximate surface area is 35.7 Å². The highest BCUT2D eigenvalue weighted by molar-refractivity contribution is 4.71. The molecule has 36 valence electrons. The van der Waals surface area contributed by atoms with Crippen molar-refractivity contribution in [3.8, 4) is 0 Å². The zero-order valence-electron chi connectivity index (χ0n) is 3.29. The summed E-state index contributed by atoms with van der Waals surface area (Å²) in [5.74, 6) is 0. The Morgan fingerprint density at radius 2 is 2.33 bits per heavy atom. The van der Waals surface area contributed by atoms with E-state index in [1.807, 2.05) is 0 Å². The van der Waals surface area contributed by atoms with Gasteiger partial charge in [-0.25, -0.2) is 0 Å². The number of rotatable bonds is 0. The van der Waals surface area contributed by atoms with E-state index >= 15 is 0 Å². The summed E-state index contributed by atoms with van der Waals surface area (Å²) < 4.78 is 4.47. The van der Waals surface area contributed by atoms with Crippen LogP contribution in [0.25, 0.3) is 0 Å². The largest absolute Gasteiger partial charge is 0.367 e. The van der Waals surface area contributed by atoms with Crippen LogP contribution in [0.2, 0.25) is 0 Å². The minimum Gasteiger partial charge on any atom is -0.367 e. The monoisotopic (exact) mass is 89.0 g/mol. The SMILES string of the molecule is NC1COC1O. The number of ether oxygens (including phenoxy) is 1. The van der Waals surface area contributed by atoms with Gasteiger partial charge in [0, 0.05) is 0 Å². The van der Waals surface area contributed by atoms with Gasteiger partial charge in [0.2, 0.25) is 0 Å². The second-order valence-corrected chi connectivity index (χ2v) is 1.39. The van der Waals surface area contributed by atoms with Crippen molar-refractivity contribution in [2.45, 2.75) is 12.3 Å². The molecule has 3 N–H and O–H groups in total. The average Bonchev–Trinajstić information content (AvgIpc) is 1.61. The summed E-state index contributed by atoms with van der Waals surface area (Å²) >= 11 is 0. The fraction of sp³-hybridized carbons (Fsp3) is 1.00. The minimum atomic E-state index is -0.690. The summed E-state index contributed by atoms with van der Waals surface area (Å²) in [4.78, 5) is 0. The molecule has 0 aromatic rings. The Kier molecular flexibility index (Phi) is 0.799. The van der Waals surface area contributed by atoms with Crippen LogP contribution in [0.1, 0.15) is 0 Å².